The van der Waals surface area contributed by atoms with Crippen molar-refractivity contribution in [3.05, 3.63) is 87.2 Å². The van der Waals surface area contributed by atoms with Crippen LogP contribution in [0.15, 0.2) is 42.2 Å². The highest BCUT2D eigenvalue weighted by Gasteiger charge is 2.41. The number of para-hydroxylation sites is 1. The van der Waals surface area contributed by atoms with E-state index in [4.69, 9.17) is 5.73 Å². The minimum Gasteiger partial charge on any atom is -0.390 e. The molecule has 2 aliphatic carbocycles. The zero-order chi connectivity index (χ0) is 29.4. The molecule has 2 aromatic carbocycles. The molecule has 6 N–H and O–H groups in total. The van der Waals surface area contributed by atoms with Crippen LogP contribution in [0.1, 0.15) is 76.6 Å². The fourth-order valence-electron chi connectivity index (χ4n) is 6.60. The number of aromatic nitrogens is 1. The monoisotopic (exact) mass is 562 g/mol. The first-order chi connectivity index (χ1) is 19.4. The van der Waals surface area contributed by atoms with Gasteiger partial charge >= 0.3 is 0 Å². The summed E-state index contributed by atoms with van der Waals surface area (Å²) in [7, 11) is 0. The Morgan fingerprint density at radius 3 is 2.54 bits per heavy atom. The zero-order valence-electron chi connectivity index (χ0n) is 23.0. The van der Waals surface area contributed by atoms with Gasteiger partial charge in [0.15, 0.2) is 0 Å². The van der Waals surface area contributed by atoms with Crippen molar-refractivity contribution >= 4 is 28.8 Å². The van der Waals surface area contributed by atoms with E-state index in [-0.39, 0.29) is 23.6 Å². The highest BCUT2D eigenvalue weighted by Crippen LogP contribution is 2.49. The maximum atomic E-state index is 16.1. The number of nitrogens with two attached hydrogens (primary N) is 1. The second kappa shape index (κ2) is 9.53. The summed E-state index contributed by atoms with van der Waals surface area (Å²) >= 11 is 0. The van der Waals surface area contributed by atoms with Gasteiger partial charge in [-0.3, -0.25) is 14.5 Å². The van der Waals surface area contributed by atoms with E-state index in [0.717, 1.165) is 16.2 Å². The Morgan fingerprint density at radius 2 is 1.83 bits per heavy atom. The Labute approximate surface area is 235 Å². The highest BCUT2D eigenvalue weighted by molar-refractivity contribution is 6.12. The number of primary amides is 1. The van der Waals surface area contributed by atoms with Crippen LogP contribution in [0.25, 0.3) is 5.57 Å². The number of halogens is 2. The van der Waals surface area contributed by atoms with E-state index in [2.05, 4.69) is 10.3 Å². The summed E-state index contributed by atoms with van der Waals surface area (Å²) in [6.45, 7) is 5.28. The van der Waals surface area contributed by atoms with E-state index >= 15 is 4.39 Å². The summed E-state index contributed by atoms with van der Waals surface area (Å²) in [4.78, 5) is 30.4. The number of aliphatic hydroxyl groups is 2. The number of H-pyrrole nitrogens is 1. The van der Waals surface area contributed by atoms with Crippen molar-refractivity contribution in [3.63, 3.8) is 0 Å². The fourth-order valence-corrected chi connectivity index (χ4v) is 6.60. The number of aliphatic hydroxyl groups excluding tert-OH is 1. The SMILES string of the molecule is Cc1c(C2=C(F)C[C@H](C(N)=O)c3[nH]c4c(c32)CC[C@H](C(C)(C)O)C4)cccc1N1C(=O)c2cccc(F)c2NC1O. The highest BCUT2D eigenvalue weighted by atomic mass is 19.1. The Balaban J connectivity index is 1.48. The molecule has 10 heteroatoms. The van der Waals surface area contributed by atoms with Crippen molar-refractivity contribution in [2.24, 2.45) is 11.7 Å². The third-order valence-corrected chi connectivity index (χ3v) is 8.82. The molecule has 0 fully saturated rings. The van der Waals surface area contributed by atoms with Crippen LogP contribution in [0.5, 0.6) is 0 Å². The van der Waals surface area contributed by atoms with Gasteiger partial charge in [0, 0.05) is 28.9 Å². The number of anilines is 2. The van der Waals surface area contributed by atoms with Gasteiger partial charge in [0.2, 0.25) is 12.3 Å². The lowest BCUT2D eigenvalue weighted by Gasteiger charge is -2.36. The Morgan fingerprint density at radius 1 is 1.12 bits per heavy atom. The average molecular weight is 563 g/mol. The molecule has 6 rings (SSSR count). The molecule has 2 heterocycles. The molecule has 1 aromatic heterocycles. The van der Waals surface area contributed by atoms with Crippen LogP contribution in [-0.2, 0) is 17.6 Å². The molecule has 3 aromatic rings. The van der Waals surface area contributed by atoms with Crippen LogP contribution in [0.4, 0.5) is 20.2 Å². The predicted octanol–water partition coefficient (Wildman–Crippen LogP) is 4.39. The summed E-state index contributed by atoms with van der Waals surface area (Å²) in [5.41, 5.74) is 9.36. The minimum absolute atomic E-state index is 0.0173. The van der Waals surface area contributed by atoms with Crippen molar-refractivity contribution in [1.82, 2.24) is 4.98 Å². The summed E-state index contributed by atoms with van der Waals surface area (Å²) in [5.74, 6) is -3.28. The molecule has 214 valence electrons. The van der Waals surface area contributed by atoms with Gasteiger partial charge in [-0.05, 0) is 80.8 Å². The maximum Gasteiger partial charge on any atom is 0.264 e. The first-order valence-corrected chi connectivity index (χ1v) is 13.7. The van der Waals surface area contributed by atoms with Crippen LogP contribution in [0, 0.1) is 18.7 Å². The molecule has 8 nitrogen and oxygen atoms in total. The number of aromatic amines is 1. The van der Waals surface area contributed by atoms with Crippen LogP contribution in [0.2, 0.25) is 0 Å². The number of nitrogens with one attached hydrogen (secondary N) is 2. The smallest absolute Gasteiger partial charge is 0.264 e. The number of amides is 2. The number of hydrogen-bond acceptors (Lipinski definition) is 5. The Kier molecular flexibility index (Phi) is 6.31. The second-order valence-electron chi connectivity index (χ2n) is 11.7. The van der Waals surface area contributed by atoms with Gasteiger partial charge in [-0.25, -0.2) is 8.78 Å². The molecule has 3 aliphatic rings. The van der Waals surface area contributed by atoms with Crippen LogP contribution < -0.4 is 16.0 Å². The molecule has 0 spiro atoms. The predicted molar refractivity (Wildman–Crippen MR) is 150 cm³/mol. The van der Waals surface area contributed by atoms with Gasteiger partial charge in [-0.15, -0.1) is 0 Å². The fraction of sp³-hybridized carbons (Fsp3) is 0.355. The van der Waals surface area contributed by atoms with Gasteiger partial charge in [0.25, 0.3) is 5.91 Å². The minimum atomic E-state index is -1.56. The van der Waals surface area contributed by atoms with Crippen molar-refractivity contribution in [2.45, 2.75) is 64.3 Å². The lowest BCUT2D eigenvalue weighted by molar-refractivity contribution is -0.119. The van der Waals surface area contributed by atoms with Gasteiger partial charge in [-0.2, -0.15) is 0 Å². The van der Waals surface area contributed by atoms with Crippen molar-refractivity contribution in [3.8, 4) is 0 Å². The normalized spacial score (nSPS) is 22.2. The molecule has 0 bridgehead atoms. The molecule has 0 saturated carbocycles. The number of hydrogen-bond donors (Lipinski definition) is 5. The number of nitrogens with zero attached hydrogens (tertiary/aromatic N) is 1. The van der Waals surface area contributed by atoms with Crippen LogP contribution in [-0.4, -0.2) is 39.0 Å². The summed E-state index contributed by atoms with van der Waals surface area (Å²) in [6, 6.07) is 9.14. The number of carbonyl (C=O) groups excluding carboxylic acids is 2. The van der Waals surface area contributed by atoms with Gasteiger partial charge in [-0.1, -0.05) is 18.2 Å². The number of benzene rings is 2. The third-order valence-electron chi connectivity index (χ3n) is 8.82. The number of rotatable bonds is 4. The molecular formula is C31H32F2N4O4. The lowest BCUT2D eigenvalue weighted by atomic mass is 9.75. The maximum absolute atomic E-state index is 16.1. The van der Waals surface area contributed by atoms with Crippen LogP contribution >= 0.6 is 0 Å². The van der Waals surface area contributed by atoms with E-state index in [9.17, 15) is 24.2 Å². The molecule has 0 saturated heterocycles. The van der Waals surface area contributed by atoms with Gasteiger partial charge in [0.1, 0.15) is 11.6 Å². The topological polar surface area (TPSA) is 132 Å². The van der Waals surface area contributed by atoms with E-state index in [1.807, 2.05) is 0 Å². The number of fused-ring (bicyclic) bond motifs is 4. The molecule has 41 heavy (non-hydrogen) atoms. The molecule has 1 aliphatic heterocycles. The van der Waals surface area contributed by atoms with Gasteiger partial charge < -0.3 is 26.2 Å². The van der Waals surface area contributed by atoms with Crippen LogP contribution in [0.3, 0.4) is 0 Å². The molecular weight excluding hydrogens is 530 g/mol. The first kappa shape index (κ1) is 27.2. The van der Waals surface area contributed by atoms with Crippen molar-refractivity contribution in [1.29, 1.82) is 0 Å². The Hall–Kier alpha value is -4.02. The third kappa shape index (κ3) is 4.24. The second-order valence-corrected chi connectivity index (χ2v) is 11.7. The van der Waals surface area contributed by atoms with E-state index in [1.165, 1.54) is 18.2 Å². The molecule has 2 amide bonds. The standard InChI is InChI=1S/C31H32F2N4O4/c1-14-16(6-5-9-23(14)37-29(39)18-7-4-8-20(32)26(18)36-30(37)40)24-21(33)13-19(28(34)38)27-25(24)17-11-10-15(31(2,3)41)12-22(17)35-27/h4-9,15,19,30,35-36,40-41H,10-13H2,1-3H3,(H2,34,38)/t15-,19-,30?/m0/s1. The summed E-state index contributed by atoms with van der Waals surface area (Å²) < 4.78 is 30.5. The van der Waals surface area contributed by atoms with E-state index in [0.29, 0.717) is 52.9 Å². The number of allylic oxidation sites excluding steroid dienone is 1. The van der Waals surface area contributed by atoms with E-state index in [1.54, 1.807) is 39.0 Å². The average Bonchev–Trinajstić information content (AvgIpc) is 3.28. The largest absolute Gasteiger partial charge is 0.390 e. The van der Waals surface area contributed by atoms with Crippen molar-refractivity contribution < 1.29 is 28.6 Å². The van der Waals surface area contributed by atoms with Crippen molar-refractivity contribution in [2.75, 3.05) is 10.2 Å². The zero-order valence-corrected chi connectivity index (χ0v) is 23.0. The lowest BCUT2D eigenvalue weighted by Crippen LogP contribution is -2.49. The molecule has 3 atom stereocenters. The quantitative estimate of drug-likeness (QED) is 0.322. The van der Waals surface area contributed by atoms with E-state index < -0.39 is 41.3 Å². The molecule has 0 radical (unpaired) electrons. The summed E-state index contributed by atoms with van der Waals surface area (Å²) in [5, 5.41) is 24.2. The first-order valence-electron chi connectivity index (χ1n) is 13.7. The summed E-state index contributed by atoms with van der Waals surface area (Å²) in [6.07, 6.45) is 0.0363. The van der Waals surface area contributed by atoms with Gasteiger partial charge in [0.05, 0.1) is 28.5 Å². The molecule has 1 unspecified atom stereocenters. The Bertz CT molecular complexity index is 1640. The number of carbonyl (C=O) groups is 2.